The second kappa shape index (κ2) is 77.2. The van der Waals surface area contributed by atoms with Crippen molar-refractivity contribution in [2.75, 3.05) is 79.0 Å². The number of amides is 4. The number of fused-ring (bicyclic) bond motifs is 12. The van der Waals surface area contributed by atoms with Crippen molar-refractivity contribution in [3.63, 3.8) is 0 Å². The van der Waals surface area contributed by atoms with Crippen LogP contribution < -0.4 is 40.2 Å². The predicted octanol–water partition coefficient (Wildman–Crippen LogP) is 29.5. The molecule has 0 fully saturated rings. The first-order chi connectivity index (χ1) is 70.8. The van der Waals surface area contributed by atoms with Crippen molar-refractivity contribution in [1.29, 1.82) is 0 Å². The lowest BCUT2D eigenvalue weighted by molar-refractivity contribution is 0.0945. The van der Waals surface area contributed by atoms with Crippen molar-refractivity contribution in [2.45, 2.75) is 388 Å². The quantitative estimate of drug-likeness (QED) is 0.0166. The summed E-state index contributed by atoms with van der Waals surface area (Å²) in [6, 6.07) is 78.0. The minimum absolute atomic E-state index is 0.139. The molecule has 0 aliphatic heterocycles. The molecule has 7 aromatic carbocycles. The molecule has 12 bridgehead atoms. The first kappa shape index (κ1) is 120. The van der Waals surface area contributed by atoms with Crippen LogP contribution in [0.3, 0.4) is 0 Å². The Hall–Kier alpha value is -11.3. The molecule has 0 atom stereocenters. The number of hydrogen-bond donors (Lipinski definition) is 8. The average Bonchev–Trinajstić information content (AvgIpc) is 0.817. The van der Waals surface area contributed by atoms with Crippen LogP contribution >= 0.6 is 0 Å². The van der Waals surface area contributed by atoms with Gasteiger partial charge in [0, 0.05) is 70.0 Å². The maximum absolute atomic E-state index is 14.7. The molecular formula is C128H172N4O12. The average molecular weight is 1960 g/mol. The van der Waals surface area contributed by atoms with E-state index in [4.69, 9.17) is 18.9 Å². The smallest absolute Gasteiger partial charge is 0.251 e. The Kier molecular flexibility index (Phi) is 64.2. The third-order valence-corrected chi connectivity index (χ3v) is 25.9. The molecule has 776 valence electrons. The van der Waals surface area contributed by atoms with Crippen molar-refractivity contribution in [3.05, 3.63) is 215 Å². The van der Waals surface area contributed by atoms with Gasteiger partial charge < -0.3 is 60.6 Å². The number of nitrogens with one attached hydrogen (secondary N) is 4. The summed E-state index contributed by atoms with van der Waals surface area (Å²) < 4.78 is 25.9. The molecule has 0 radical (unpaired) electrons. The molecule has 16 nitrogen and oxygen atoms in total. The first-order valence-electron chi connectivity index (χ1n) is 56.0. The number of unbranched alkanes of at least 4 members (excludes halogenated alkanes) is 46. The summed E-state index contributed by atoms with van der Waals surface area (Å²) in [5, 5.41) is 59.7. The molecule has 0 saturated heterocycles. The van der Waals surface area contributed by atoms with E-state index in [1.165, 1.54) is 154 Å². The highest BCUT2D eigenvalue weighted by Gasteiger charge is 2.18. The maximum Gasteiger partial charge on any atom is 0.251 e. The van der Waals surface area contributed by atoms with Gasteiger partial charge in [0.15, 0.2) is 23.0 Å². The number of aryl methyl sites for hydroxylation is 2. The van der Waals surface area contributed by atoms with Crippen LogP contribution in [0.5, 0.6) is 23.0 Å². The van der Waals surface area contributed by atoms with Crippen LogP contribution in [0.25, 0.3) is 64.6 Å². The molecule has 0 aromatic heterocycles. The highest BCUT2D eigenvalue weighted by molar-refractivity contribution is 6.02. The number of carbonyl (C=O) groups is 4. The van der Waals surface area contributed by atoms with E-state index in [2.05, 4.69) is 184 Å². The molecule has 4 amide bonds. The van der Waals surface area contributed by atoms with Crippen molar-refractivity contribution in [3.8, 4) is 23.0 Å². The fourth-order valence-corrected chi connectivity index (χ4v) is 17.8. The second-order valence-electron chi connectivity index (χ2n) is 38.5. The van der Waals surface area contributed by atoms with Gasteiger partial charge in [0.2, 0.25) is 0 Å². The number of ether oxygens (including phenoxy) is 4. The summed E-state index contributed by atoms with van der Waals surface area (Å²) in [7, 11) is 0. The highest BCUT2D eigenvalue weighted by Crippen LogP contribution is 2.32. The molecular weight excluding hydrogens is 1790 g/mol. The molecule has 0 aliphatic rings. The monoisotopic (exact) mass is 1960 g/mol. The Morgan fingerprint density at radius 1 is 0.208 bits per heavy atom. The van der Waals surface area contributed by atoms with E-state index in [1.807, 2.05) is 12.1 Å². The van der Waals surface area contributed by atoms with Gasteiger partial charge >= 0.3 is 0 Å². The number of hydrogen-bond acceptors (Lipinski definition) is 12. The molecule has 8 N–H and O–H groups in total. The van der Waals surface area contributed by atoms with E-state index in [0.717, 1.165) is 191 Å². The standard InChI is InChI=1S/C128H172N4O12/c1-7-13-19-25-31-35-39-43-49-59-77-129-125(137)117-95-109-65-55-56-66-110-96-118(126(138)130-78-60-50-44-40-36-32-26-20-14-8-2)100-114(122(110)142-86-82-134)75-71-107-91-104(64-54-48-30-24-18-12-6)92-108(94-107)72-76-116-102-120(128(140)132-80-62-52-46-42-38-34-28-22-16-10-4)98-112(124(116)144-88-84-136)68-58-57-67-111-97-119(127(139)131-79-61-51-45-41-37-33-27-21-15-9-3)101-115(123(111)143-87-83-135)74-70-106-90-103(63-53-47-29-23-17-11-5)89-105(93-106)69-73-113(99-117)121(109)141-85-81-133/h89-102,133-136H,7-54,59-64,77-88H2,1-6H3,(H,129,137)(H,130,138)(H,131,139)(H,132,140). The van der Waals surface area contributed by atoms with Crippen molar-refractivity contribution in [1.82, 2.24) is 21.3 Å². The van der Waals surface area contributed by atoms with Gasteiger partial charge in [-0.25, -0.2) is 0 Å². The summed E-state index contributed by atoms with van der Waals surface area (Å²) in [4.78, 5) is 59.0. The number of carbonyl (C=O) groups excluding carboxylic acids is 4. The van der Waals surface area contributed by atoms with Crippen LogP contribution in [0.4, 0.5) is 0 Å². The largest absolute Gasteiger partial charge is 0.489 e. The molecule has 7 rings (SSSR count). The number of benzene rings is 6. The molecule has 0 unspecified atom stereocenters. The van der Waals surface area contributed by atoms with Crippen LogP contribution in [0.2, 0.25) is 0 Å². The second-order valence-corrected chi connectivity index (χ2v) is 38.5. The summed E-state index contributed by atoms with van der Waals surface area (Å²) in [6.45, 7) is 13.2. The minimum Gasteiger partial charge on any atom is -0.489 e. The SMILES string of the molecule is CCCCCCCCCCCCNC(=O)c1cc2c#cc#cc3cc(C(=O)NCCCCCCCCCCCC)cc(c#cc4cc(CCCCCCCC)cc(c#cc5cc(C(=O)NCCCCCCCCCCCC)cc(c#cc#cc6cc(C(=O)NCCCCCCCCCCCC)cc(c#cc7cc(CCCCCCCC)cc(c#cc(c1)c2OCCO)c7)c6OCCO)c5OCCO)c4)c3OCCO. The van der Waals surface area contributed by atoms with Crippen molar-refractivity contribution >= 4 is 88.3 Å². The molecule has 0 spiro atoms. The third-order valence-electron chi connectivity index (χ3n) is 25.9. The van der Waals surface area contributed by atoms with E-state index in [9.17, 15) is 39.6 Å². The fraction of sp³-hybridized carbons (Fsp3) is 0.562. The van der Waals surface area contributed by atoms with E-state index < -0.39 is 0 Å². The zero-order valence-electron chi connectivity index (χ0n) is 88.8. The lowest BCUT2D eigenvalue weighted by Crippen LogP contribution is -2.24. The summed E-state index contributed by atoms with van der Waals surface area (Å²) in [6.07, 6.45) is 60.0. The first-order valence-corrected chi connectivity index (χ1v) is 56.0. The van der Waals surface area contributed by atoms with Crippen LogP contribution in [0.15, 0.2) is 84.9 Å². The number of rotatable bonds is 74. The van der Waals surface area contributed by atoms with Gasteiger partial charge in [-0.15, -0.1) is 0 Å². The van der Waals surface area contributed by atoms with Crippen LogP contribution in [-0.2, 0) is 12.8 Å². The Balaban J connectivity index is 1.60. The molecule has 144 heavy (non-hydrogen) atoms. The topological polar surface area (TPSA) is 234 Å². The van der Waals surface area contributed by atoms with Gasteiger partial charge in [-0.1, -0.05) is 385 Å². The van der Waals surface area contributed by atoms with Gasteiger partial charge in [-0.3, -0.25) is 19.2 Å². The Morgan fingerprint density at radius 3 is 0.556 bits per heavy atom. The van der Waals surface area contributed by atoms with E-state index in [0.29, 0.717) is 82.1 Å². The Labute approximate surface area is 868 Å². The van der Waals surface area contributed by atoms with Crippen LogP contribution in [0, 0.1) is 97.1 Å². The highest BCUT2D eigenvalue weighted by atomic mass is 16.5. The zero-order chi connectivity index (χ0) is 103. The Bertz CT molecular complexity index is 4610. The van der Waals surface area contributed by atoms with E-state index in [1.54, 1.807) is 48.5 Å². The minimum atomic E-state index is -0.351. The zero-order valence-corrected chi connectivity index (χ0v) is 88.8. The summed E-state index contributed by atoms with van der Waals surface area (Å²) in [5.74, 6) is -0.462. The van der Waals surface area contributed by atoms with E-state index in [-0.39, 0.29) is 143 Å². The maximum atomic E-state index is 14.7. The third kappa shape index (κ3) is 49.5. The van der Waals surface area contributed by atoms with Gasteiger partial charge in [-0.2, -0.15) is 0 Å². The lowest BCUT2D eigenvalue weighted by Gasteiger charge is -2.10. The fourth-order valence-electron chi connectivity index (χ4n) is 17.8. The number of aliphatic hydroxyl groups is 4. The lowest BCUT2D eigenvalue weighted by atomic mass is 10.0. The Morgan fingerprint density at radius 2 is 0.375 bits per heavy atom. The number of aliphatic hydroxyl groups excluding tert-OH is 4. The van der Waals surface area contributed by atoms with Gasteiger partial charge in [0.1, 0.15) is 26.4 Å². The summed E-state index contributed by atoms with van der Waals surface area (Å²) >= 11 is 0. The molecule has 0 heterocycles. The molecule has 7 aromatic rings. The van der Waals surface area contributed by atoms with Gasteiger partial charge in [0.05, 0.1) is 69.5 Å². The normalized spacial score (nSPS) is 10.7. The van der Waals surface area contributed by atoms with Gasteiger partial charge in [0.25, 0.3) is 23.6 Å². The summed E-state index contributed by atoms with van der Waals surface area (Å²) in [5.41, 5.74) is 3.07. The van der Waals surface area contributed by atoms with Crippen LogP contribution in [-0.4, -0.2) is 123 Å². The van der Waals surface area contributed by atoms with Crippen molar-refractivity contribution in [2.24, 2.45) is 0 Å². The van der Waals surface area contributed by atoms with Gasteiger partial charge in [-0.05, 0) is 196 Å². The molecule has 16 heteroatoms. The van der Waals surface area contributed by atoms with Crippen LogP contribution in [0.1, 0.15) is 428 Å². The predicted molar refractivity (Wildman–Crippen MR) is 591 cm³/mol. The van der Waals surface area contributed by atoms with E-state index >= 15 is 0 Å². The molecule has 0 saturated carbocycles. The molecule has 0 aliphatic carbocycles. The van der Waals surface area contributed by atoms with Crippen molar-refractivity contribution < 1.29 is 58.6 Å².